The number of nitrogens with one attached hydrogen (secondary N) is 1. The molecule has 0 amide bonds. The summed E-state index contributed by atoms with van der Waals surface area (Å²) in [6.45, 7) is 6.10. The maximum absolute atomic E-state index is 5.14. The molecule has 0 saturated carbocycles. The van der Waals surface area contributed by atoms with Gasteiger partial charge in [0, 0.05) is 22.8 Å². The number of ether oxygens (including phenoxy) is 1. The Morgan fingerprint density at radius 1 is 1.42 bits per heavy atom. The van der Waals surface area contributed by atoms with Crippen LogP contribution in [-0.4, -0.2) is 22.1 Å². The molecule has 6 heteroatoms. The lowest BCUT2D eigenvalue weighted by atomic mass is 10.3. The molecule has 0 bridgehead atoms. The SMILES string of the molecule is CCc1cnc(C(C)Nc2nc(C)cc(OC)n2)s1. The van der Waals surface area contributed by atoms with Crippen LogP contribution in [0.25, 0.3) is 0 Å². The molecule has 0 spiro atoms. The summed E-state index contributed by atoms with van der Waals surface area (Å²) in [4.78, 5) is 14.3. The van der Waals surface area contributed by atoms with Gasteiger partial charge in [0.1, 0.15) is 5.01 Å². The van der Waals surface area contributed by atoms with Crippen molar-refractivity contribution in [3.05, 3.63) is 27.8 Å². The van der Waals surface area contributed by atoms with Crippen molar-refractivity contribution >= 4 is 17.3 Å². The highest BCUT2D eigenvalue weighted by Crippen LogP contribution is 2.23. The van der Waals surface area contributed by atoms with Gasteiger partial charge >= 0.3 is 0 Å². The number of hydrogen-bond donors (Lipinski definition) is 1. The van der Waals surface area contributed by atoms with E-state index >= 15 is 0 Å². The first kappa shape index (κ1) is 13.7. The van der Waals surface area contributed by atoms with Crippen LogP contribution in [0.4, 0.5) is 5.95 Å². The molecule has 0 aromatic carbocycles. The summed E-state index contributed by atoms with van der Waals surface area (Å²) >= 11 is 1.71. The summed E-state index contributed by atoms with van der Waals surface area (Å²) in [5.74, 6) is 1.13. The average molecular weight is 278 g/mol. The van der Waals surface area contributed by atoms with Gasteiger partial charge < -0.3 is 10.1 Å². The van der Waals surface area contributed by atoms with E-state index in [4.69, 9.17) is 4.74 Å². The molecule has 5 nitrogen and oxygen atoms in total. The molecule has 2 aromatic rings. The van der Waals surface area contributed by atoms with Gasteiger partial charge in [-0.3, -0.25) is 0 Å². The monoisotopic (exact) mass is 278 g/mol. The standard InChI is InChI=1S/C13H18N4OS/c1-5-10-7-14-12(19-10)9(3)16-13-15-8(2)6-11(17-13)18-4/h6-7,9H,5H2,1-4H3,(H,15,16,17). The highest BCUT2D eigenvalue weighted by molar-refractivity contribution is 7.11. The first-order chi connectivity index (χ1) is 9.12. The van der Waals surface area contributed by atoms with Crippen molar-refractivity contribution in [3.8, 4) is 5.88 Å². The van der Waals surface area contributed by atoms with Crippen LogP contribution in [0.2, 0.25) is 0 Å². The number of hydrogen-bond acceptors (Lipinski definition) is 6. The van der Waals surface area contributed by atoms with Gasteiger partial charge in [-0.25, -0.2) is 9.97 Å². The maximum atomic E-state index is 5.14. The van der Waals surface area contributed by atoms with E-state index in [2.05, 4.69) is 34.1 Å². The summed E-state index contributed by atoms with van der Waals surface area (Å²) in [6.07, 6.45) is 2.94. The average Bonchev–Trinajstić information content (AvgIpc) is 2.86. The molecule has 2 heterocycles. The first-order valence-corrected chi connectivity index (χ1v) is 7.04. The molecule has 0 fully saturated rings. The van der Waals surface area contributed by atoms with Crippen molar-refractivity contribution in [1.82, 2.24) is 15.0 Å². The Morgan fingerprint density at radius 3 is 2.84 bits per heavy atom. The van der Waals surface area contributed by atoms with Gasteiger partial charge in [0.15, 0.2) is 0 Å². The molecule has 19 heavy (non-hydrogen) atoms. The van der Waals surface area contributed by atoms with Gasteiger partial charge in [0.25, 0.3) is 0 Å². The van der Waals surface area contributed by atoms with E-state index in [-0.39, 0.29) is 6.04 Å². The van der Waals surface area contributed by atoms with E-state index in [1.54, 1.807) is 24.5 Å². The summed E-state index contributed by atoms with van der Waals surface area (Å²) in [6, 6.07) is 1.88. The molecule has 1 atom stereocenters. The van der Waals surface area contributed by atoms with Crippen LogP contribution in [0.15, 0.2) is 12.3 Å². The van der Waals surface area contributed by atoms with Crippen molar-refractivity contribution in [2.75, 3.05) is 12.4 Å². The number of methoxy groups -OCH3 is 1. The lowest BCUT2D eigenvalue weighted by Crippen LogP contribution is -2.10. The molecule has 2 aromatic heterocycles. The lowest BCUT2D eigenvalue weighted by molar-refractivity contribution is 0.397. The van der Waals surface area contributed by atoms with Crippen molar-refractivity contribution in [2.45, 2.75) is 33.2 Å². The molecule has 0 aliphatic rings. The van der Waals surface area contributed by atoms with Gasteiger partial charge in [-0.1, -0.05) is 6.92 Å². The number of rotatable bonds is 5. The summed E-state index contributed by atoms with van der Waals surface area (Å²) < 4.78 is 5.14. The van der Waals surface area contributed by atoms with E-state index in [9.17, 15) is 0 Å². The first-order valence-electron chi connectivity index (χ1n) is 6.23. The van der Waals surface area contributed by atoms with Crippen molar-refractivity contribution in [2.24, 2.45) is 0 Å². The molecule has 0 radical (unpaired) electrons. The molecule has 0 saturated heterocycles. The fraction of sp³-hybridized carbons (Fsp3) is 0.462. The molecular formula is C13H18N4OS. The van der Waals surface area contributed by atoms with Gasteiger partial charge in [-0.15, -0.1) is 11.3 Å². The molecule has 2 rings (SSSR count). The van der Waals surface area contributed by atoms with Crippen LogP contribution in [-0.2, 0) is 6.42 Å². The van der Waals surface area contributed by atoms with Crippen LogP contribution in [0.1, 0.15) is 35.5 Å². The molecule has 102 valence electrons. The predicted octanol–water partition coefficient (Wildman–Crippen LogP) is 2.99. The van der Waals surface area contributed by atoms with E-state index in [1.165, 1.54) is 4.88 Å². The minimum Gasteiger partial charge on any atom is -0.481 e. The summed E-state index contributed by atoms with van der Waals surface area (Å²) in [5.41, 5.74) is 0.870. The fourth-order valence-electron chi connectivity index (χ4n) is 1.65. The quantitative estimate of drug-likeness (QED) is 0.911. The summed E-state index contributed by atoms with van der Waals surface area (Å²) in [7, 11) is 1.60. The fourth-order valence-corrected chi connectivity index (χ4v) is 2.51. The summed E-state index contributed by atoms with van der Waals surface area (Å²) in [5, 5.41) is 4.30. The van der Waals surface area contributed by atoms with Crippen molar-refractivity contribution < 1.29 is 4.74 Å². The Kier molecular flexibility index (Phi) is 4.31. The van der Waals surface area contributed by atoms with Crippen LogP contribution in [0.5, 0.6) is 5.88 Å². The Labute approximate surface area is 117 Å². The second-order valence-electron chi connectivity index (χ2n) is 4.26. The zero-order valence-corrected chi connectivity index (χ0v) is 12.4. The minimum absolute atomic E-state index is 0.0804. The Balaban J connectivity index is 2.13. The molecule has 0 aliphatic heterocycles. The third-order valence-corrected chi connectivity index (χ3v) is 4.00. The maximum Gasteiger partial charge on any atom is 0.226 e. The van der Waals surface area contributed by atoms with Gasteiger partial charge in [0.05, 0.1) is 13.2 Å². The molecule has 1 unspecified atom stereocenters. The minimum atomic E-state index is 0.0804. The van der Waals surface area contributed by atoms with Crippen LogP contribution in [0, 0.1) is 6.92 Å². The Hall–Kier alpha value is -1.69. The van der Waals surface area contributed by atoms with Gasteiger partial charge in [0.2, 0.25) is 11.8 Å². The second kappa shape index (κ2) is 5.97. The number of thiazole rings is 1. The van der Waals surface area contributed by atoms with Crippen molar-refractivity contribution in [3.63, 3.8) is 0 Å². The third-order valence-electron chi connectivity index (χ3n) is 2.68. The van der Waals surface area contributed by atoms with Gasteiger partial charge in [-0.05, 0) is 20.3 Å². The second-order valence-corrected chi connectivity index (χ2v) is 5.41. The van der Waals surface area contributed by atoms with Crippen LogP contribution >= 0.6 is 11.3 Å². The van der Waals surface area contributed by atoms with Crippen LogP contribution in [0.3, 0.4) is 0 Å². The van der Waals surface area contributed by atoms with Gasteiger partial charge in [-0.2, -0.15) is 4.98 Å². The zero-order chi connectivity index (χ0) is 13.8. The third kappa shape index (κ3) is 3.41. The molecular weight excluding hydrogens is 260 g/mol. The smallest absolute Gasteiger partial charge is 0.226 e. The zero-order valence-electron chi connectivity index (χ0n) is 11.6. The topological polar surface area (TPSA) is 59.9 Å². The normalized spacial score (nSPS) is 12.2. The number of aromatic nitrogens is 3. The van der Waals surface area contributed by atoms with E-state index in [0.29, 0.717) is 11.8 Å². The van der Waals surface area contributed by atoms with E-state index < -0.39 is 0 Å². The number of aryl methyl sites for hydroxylation is 2. The number of nitrogens with zero attached hydrogens (tertiary/aromatic N) is 3. The Bertz CT molecular complexity index is 555. The molecule has 0 aliphatic carbocycles. The molecule has 1 N–H and O–H groups in total. The van der Waals surface area contributed by atoms with Crippen molar-refractivity contribution in [1.29, 1.82) is 0 Å². The van der Waals surface area contributed by atoms with E-state index in [0.717, 1.165) is 17.1 Å². The highest BCUT2D eigenvalue weighted by Gasteiger charge is 2.12. The van der Waals surface area contributed by atoms with Crippen LogP contribution < -0.4 is 10.1 Å². The van der Waals surface area contributed by atoms with E-state index in [1.807, 2.05) is 13.1 Å². The number of anilines is 1. The Morgan fingerprint density at radius 2 is 2.21 bits per heavy atom. The lowest BCUT2D eigenvalue weighted by Gasteiger charge is -2.12. The largest absolute Gasteiger partial charge is 0.481 e. The predicted molar refractivity (Wildman–Crippen MR) is 76.9 cm³/mol. The highest BCUT2D eigenvalue weighted by atomic mass is 32.1.